The number of amides is 2. The number of urea groups is 1. The fourth-order valence-corrected chi connectivity index (χ4v) is 5.69. The molecule has 1 saturated carbocycles. The number of carbonyl (C=O) groups excluding carboxylic acids is 1. The van der Waals surface area contributed by atoms with E-state index in [2.05, 4.69) is 60.4 Å². The summed E-state index contributed by atoms with van der Waals surface area (Å²) in [6.07, 6.45) is 5.43. The van der Waals surface area contributed by atoms with Crippen LogP contribution in [0.3, 0.4) is 0 Å². The molecule has 4 rings (SSSR count). The number of pyridine rings is 1. The van der Waals surface area contributed by atoms with Crippen LogP contribution in [-0.4, -0.2) is 67.3 Å². The Kier molecular flexibility index (Phi) is 6.42. The van der Waals surface area contributed by atoms with Crippen molar-refractivity contribution in [1.82, 2.24) is 14.8 Å². The minimum Gasteiger partial charge on any atom is -0.383 e. The number of methoxy groups -OCH3 is 1. The summed E-state index contributed by atoms with van der Waals surface area (Å²) in [5.41, 5.74) is 3.09. The maximum absolute atomic E-state index is 13.7. The Hall–Kier alpha value is -2.95. The summed E-state index contributed by atoms with van der Waals surface area (Å²) in [5.74, 6) is 0. The molecule has 0 radical (unpaired) electrons. The van der Waals surface area contributed by atoms with E-state index >= 15 is 0 Å². The van der Waals surface area contributed by atoms with Crippen molar-refractivity contribution in [2.45, 2.75) is 43.7 Å². The summed E-state index contributed by atoms with van der Waals surface area (Å²) in [7, 11) is 5.99. The topological polar surface area (TPSA) is 72.7 Å². The van der Waals surface area contributed by atoms with Crippen LogP contribution in [0.25, 0.3) is 0 Å². The molecule has 1 spiro atoms. The Bertz CT molecular complexity index is 1040. The minimum absolute atomic E-state index is 0.00118. The molecule has 2 amide bonds. The molecule has 1 aromatic carbocycles. The third kappa shape index (κ3) is 3.98. The molecule has 174 valence electrons. The fraction of sp³-hybridized carbons (Fsp3) is 0.500. The molecule has 1 saturated heterocycles. The lowest BCUT2D eigenvalue weighted by Crippen LogP contribution is -2.56. The number of nitriles is 1. The first-order valence-corrected chi connectivity index (χ1v) is 11.5. The summed E-state index contributed by atoms with van der Waals surface area (Å²) in [5, 5.41) is 9.18. The first-order chi connectivity index (χ1) is 15.9. The Balaban J connectivity index is 1.66. The van der Waals surface area contributed by atoms with Gasteiger partial charge in [-0.15, -0.1) is 0 Å². The van der Waals surface area contributed by atoms with Crippen LogP contribution in [0, 0.1) is 18.3 Å². The number of benzene rings is 1. The Morgan fingerprint density at radius 1 is 1.18 bits per heavy atom. The van der Waals surface area contributed by atoms with Gasteiger partial charge in [0.25, 0.3) is 0 Å². The molecule has 7 nitrogen and oxygen atoms in total. The van der Waals surface area contributed by atoms with E-state index in [0.29, 0.717) is 25.4 Å². The van der Waals surface area contributed by atoms with Crippen molar-refractivity contribution >= 4 is 11.7 Å². The zero-order chi connectivity index (χ0) is 23.6. The lowest BCUT2D eigenvalue weighted by atomic mass is 9.68. The number of rotatable bonds is 6. The van der Waals surface area contributed by atoms with Crippen LogP contribution < -0.4 is 4.90 Å². The van der Waals surface area contributed by atoms with Crippen molar-refractivity contribution in [2.24, 2.45) is 0 Å². The van der Waals surface area contributed by atoms with Gasteiger partial charge < -0.3 is 9.64 Å². The summed E-state index contributed by atoms with van der Waals surface area (Å²) >= 11 is 0. The quantitative estimate of drug-likeness (QED) is 0.671. The van der Waals surface area contributed by atoms with Crippen LogP contribution in [0.4, 0.5) is 10.5 Å². The zero-order valence-electron chi connectivity index (χ0n) is 20.0. The first kappa shape index (κ1) is 23.2. The van der Waals surface area contributed by atoms with E-state index in [1.165, 1.54) is 5.56 Å². The van der Waals surface area contributed by atoms with Gasteiger partial charge in [-0.25, -0.2) is 9.78 Å². The zero-order valence-corrected chi connectivity index (χ0v) is 20.0. The van der Waals surface area contributed by atoms with E-state index in [9.17, 15) is 10.1 Å². The molecule has 2 fully saturated rings. The summed E-state index contributed by atoms with van der Waals surface area (Å²) in [6.45, 7) is 3.63. The van der Waals surface area contributed by atoms with Gasteiger partial charge in [0, 0.05) is 19.2 Å². The third-order valence-corrected chi connectivity index (χ3v) is 7.67. The predicted molar refractivity (Wildman–Crippen MR) is 128 cm³/mol. The highest BCUT2D eigenvalue weighted by Crippen LogP contribution is 2.49. The maximum atomic E-state index is 13.7. The number of aryl methyl sites for hydroxylation is 1. The molecule has 1 aliphatic heterocycles. The highest BCUT2D eigenvalue weighted by atomic mass is 16.5. The number of hydrogen-bond donors (Lipinski definition) is 0. The monoisotopic (exact) mass is 447 g/mol. The number of ether oxygens (including phenoxy) is 1. The van der Waals surface area contributed by atoms with E-state index in [4.69, 9.17) is 4.74 Å². The smallest absolute Gasteiger partial charge is 0.325 e. The van der Waals surface area contributed by atoms with Crippen molar-refractivity contribution in [2.75, 3.05) is 45.8 Å². The predicted octanol–water partition coefficient (Wildman–Crippen LogP) is 3.92. The van der Waals surface area contributed by atoms with E-state index < -0.39 is 0 Å². The number of carbonyl (C=O) groups is 1. The molecule has 0 atom stereocenters. The van der Waals surface area contributed by atoms with Crippen LogP contribution in [0.5, 0.6) is 0 Å². The molecule has 0 N–H and O–H groups in total. The average molecular weight is 448 g/mol. The van der Waals surface area contributed by atoms with Crippen LogP contribution in [-0.2, 0) is 10.3 Å². The van der Waals surface area contributed by atoms with Gasteiger partial charge in [0.05, 0.1) is 30.6 Å². The number of nitrogens with zero attached hydrogens (tertiary/aromatic N) is 5. The van der Waals surface area contributed by atoms with Crippen LogP contribution in [0.2, 0.25) is 0 Å². The molecule has 33 heavy (non-hydrogen) atoms. The minimum atomic E-state index is -0.246. The molecule has 1 aromatic heterocycles. The number of anilines is 1. The highest BCUT2D eigenvalue weighted by molar-refractivity contribution is 5.96. The van der Waals surface area contributed by atoms with Gasteiger partial charge in [-0.2, -0.15) is 5.26 Å². The summed E-state index contributed by atoms with van der Waals surface area (Å²) < 4.78 is 5.36. The van der Waals surface area contributed by atoms with Crippen molar-refractivity contribution in [3.63, 3.8) is 0 Å². The van der Waals surface area contributed by atoms with Gasteiger partial charge in [0.15, 0.2) is 0 Å². The molecule has 1 aliphatic carbocycles. The lowest BCUT2D eigenvalue weighted by molar-refractivity contribution is 0.0189. The molecule has 7 heteroatoms. The molecular weight excluding hydrogens is 414 g/mol. The molecular formula is C26H33N5O2. The summed E-state index contributed by atoms with van der Waals surface area (Å²) in [6, 6.07) is 14.5. The van der Waals surface area contributed by atoms with Crippen LogP contribution in [0.15, 0.2) is 42.6 Å². The van der Waals surface area contributed by atoms with E-state index in [-0.39, 0.29) is 17.1 Å². The number of aromatic nitrogens is 1. The highest BCUT2D eigenvalue weighted by Gasteiger charge is 2.54. The second kappa shape index (κ2) is 9.12. The van der Waals surface area contributed by atoms with Crippen molar-refractivity contribution < 1.29 is 9.53 Å². The molecule has 0 unspecified atom stereocenters. The van der Waals surface area contributed by atoms with Crippen molar-refractivity contribution in [3.8, 4) is 6.07 Å². The molecule has 2 heterocycles. The van der Waals surface area contributed by atoms with Gasteiger partial charge in [-0.1, -0.05) is 30.3 Å². The van der Waals surface area contributed by atoms with Crippen LogP contribution in [0.1, 0.15) is 42.5 Å². The molecule has 2 aliphatic rings. The van der Waals surface area contributed by atoms with Gasteiger partial charge in [-0.05, 0) is 63.9 Å². The van der Waals surface area contributed by atoms with Crippen LogP contribution >= 0.6 is 0 Å². The van der Waals surface area contributed by atoms with E-state index in [1.54, 1.807) is 19.4 Å². The van der Waals surface area contributed by atoms with E-state index in [1.807, 2.05) is 16.7 Å². The SMILES string of the molecule is COCCN1C(=O)N(c2cnc(C#N)cc2C)C[C@]12CC[C@@](c1ccccc1)(N(C)C)CC2. The van der Waals surface area contributed by atoms with Gasteiger partial charge in [-0.3, -0.25) is 9.80 Å². The van der Waals surface area contributed by atoms with Gasteiger partial charge in [0.1, 0.15) is 11.8 Å². The largest absolute Gasteiger partial charge is 0.383 e. The standard InChI is InChI=1S/C26H33N5O2/c1-20-16-22(17-27)28-18-23(20)30-19-25(31(24(30)32)14-15-33-4)10-12-26(13-11-25,29(2)3)21-8-6-5-7-9-21/h5-9,16,18H,10-15,19H2,1-4H3/t25-,26-. The van der Waals surface area contributed by atoms with Gasteiger partial charge in [0.2, 0.25) is 0 Å². The van der Waals surface area contributed by atoms with Crippen molar-refractivity contribution in [1.29, 1.82) is 5.26 Å². The average Bonchev–Trinajstić information content (AvgIpc) is 3.09. The van der Waals surface area contributed by atoms with E-state index in [0.717, 1.165) is 36.9 Å². The Labute approximate surface area is 196 Å². The second-order valence-electron chi connectivity index (χ2n) is 9.50. The summed E-state index contributed by atoms with van der Waals surface area (Å²) in [4.78, 5) is 24.1. The fourth-order valence-electron chi connectivity index (χ4n) is 5.69. The normalized spacial score (nSPS) is 25.2. The maximum Gasteiger partial charge on any atom is 0.325 e. The van der Waals surface area contributed by atoms with Gasteiger partial charge >= 0.3 is 6.03 Å². The first-order valence-electron chi connectivity index (χ1n) is 11.5. The molecule has 0 bridgehead atoms. The third-order valence-electron chi connectivity index (χ3n) is 7.67. The molecule has 2 aromatic rings. The Morgan fingerprint density at radius 2 is 1.88 bits per heavy atom. The lowest BCUT2D eigenvalue weighted by Gasteiger charge is -2.51. The Morgan fingerprint density at radius 3 is 2.45 bits per heavy atom. The number of hydrogen-bond acceptors (Lipinski definition) is 5. The van der Waals surface area contributed by atoms with Crippen molar-refractivity contribution in [3.05, 3.63) is 59.4 Å². The second-order valence-corrected chi connectivity index (χ2v) is 9.50.